The minimum absolute atomic E-state index is 0.0652. The maximum absolute atomic E-state index is 12.6. The molecule has 25 heavy (non-hydrogen) atoms. The maximum Gasteiger partial charge on any atom is 0.264 e. The number of guanidine groups is 1. The van der Waals surface area contributed by atoms with Gasteiger partial charge in [0.1, 0.15) is 5.75 Å². The number of carbonyl (C=O) groups is 2. The van der Waals surface area contributed by atoms with E-state index in [1.54, 1.807) is 48.5 Å². The Balaban J connectivity index is 1.86. The second-order valence-corrected chi connectivity index (χ2v) is 5.54. The summed E-state index contributed by atoms with van der Waals surface area (Å²) in [4.78, 5) is 30.3. The number of hydrogen-bond donors (Lipinski definition) is 2. The van der Waals surface area contributed by atoms with Crippen LogP contribution in [0.5, 0.6) is 5.75 Å². The molecule has 1 aliphatic heterocycles. The SMILES string of the molecule is CCC(Oc1cccc(N=C(N)N)c1)N1C(=O)c2ccccc2C1=O. The first-order chi connectivity index (χ1) is 12.0. The van der Waals surface area contributed by atoms with Crippen LogP contribution in [0.15, 0.2) is 53.5 Å². The van der Waals surface area contributed by atoms with Crippen molar-refractivity contribution in [3.8, 4) is 5.75 Å². The van der Waals surface area contributed by atoms with Crippen molar-refractivity contribution in [3.63, 3.8) is 0 Å². The second-order valence-electron chi connectivity index (χ2n) is 5.54. The number of ether oxygens (including phenoxy) is 1. The lowest BCUT2D eigenvalue weighted by atomic mass is 10.1. The molecule has 7 nitrogen and oxygen atoms in total. The third kappa shape index (κ3) is 3.16. The predicted molar refractivity (Wildman–Crippen MR) is 93.6 cm³/mol. The van der Waals surface area contributed by atoms with Crippen molar-refractivity contribution in [1.82, 2.24) is 4.90 Å². The summed E-state index contributed by atoms with van der Waals surface area (Å²) >= 11 is 0. The number of carbonyl (C=O) groups excluding carboxylic acids is 2. The van der Waals surface area contributed by atoms with Crippen LogP contribution >= 0.6 is 0 Å². The molecule has 4 N–H and O–H groups in total. The molecule has 0 saturated carbocycles. The Morgan fingerprint density at radius 3 is 2.28 bits per heavy atom. The Labute approximate surface area is 144 Å². The number of rotatable bonds is 5. The van der Waals surface area contributed by atoms with Gasteiger partial charge in [0.05, 0.1) is 16.8 Å². The summed E-state index contributed by atoms with van der Waals surface area (Å²) in [6.45, 7) is 1.84. The van der Waals surface area contributed by atoms with E-state index in [9.17, 15) is 9.59 Å². The monoisotopic (exact) mass is 338 g/mol. The Morgan fingerprint density at radius 1 is 1.08 bits per heavy atom. The lowest BCUT2D eigenvalue weighted by Crippen LogP contribution is -2.43. The van der Waals surface area contributed by atoms with Gasteiger partial charge in [0.25, 0.3) is 11.8 Å². The van der Waals surface area contributed by atoms with Gasteiger partial charge >= 0.3 is 0 Å². The van der Waals surface area contributed by atoms with Crippen LogP contribution in [0.3, 0.4) is 0 Å². The topological polar surface area (TPSA) is 111 Å². The van der Waals surface area contributed by atoms with Crippen LogP contribution in [-0.2, 0) is 0 Å². The molecular weight excluding hydrogens is 320 g/mol. The van der Waals surface area contributed by atoms with Crippen LogP contribution in [0.4, 0.5) is 5.69 Å². The summed E-state index contributed by atoms with van der Waals surface area (Å²) in [7, 11) is 0. The van der Waals surface area contributed by atoms with E-state index in [1.807, 2.05) is 6.92 Å². The minimum atomic E-state index is -0.721. The average molecular weight is 338 g/mol. The van der Waals surface area contributed by atoms with Gasteiger partial charge in [-0.1, -0.05) is 25.1 Å². The van der Waals surface area contributed by atoms with E-state index in [0.717, 1.165) is 4.90 Å². The van der Waals surface area contributed by atoms with Gasteiger partial charge in [0, 0.05) is 12.5 Å². The molecule has 1 aliphatic rings. The number of imide groups is 1. The zero-order chi connectivity index (χ0) is 18.0. The lowest BCUT2D eigenvalue weighted by molar-refractivity contribution is 0.0226. The van der Waals surface area contributed by atoms with Crippen LogP contribution < -0.4 is 16.2 Å². The van der Waals surface area contributed by atoms with Crippen molar-refractivity contribution >= 4 is 23.5 Å². The van der Waals surface area contributed by atoms with Crippen molar-refractivity contribution in [1.29, 1.82) is 0 Å². The average Bonchev–Trinajstić information content (AvgIpc) is 2.84. The second kappa shape index (κ2) is 6.64. The number of benzene rings is 2. The molecule has 0 aromatic heterocycles. The molecule has 2 aromatic rings. The first-order valence-corrected chi connectivity index (χ1v) is 7.84. The highest BCUT2D eigenvalue weighted by atomic mass is 16.5. The van der Waals surface area contributed by atoms with E-state index < -0.39 is 6.23 Å². The molecule has 2 amide bonds. The number of nitrogens with zero attached hydrogens (tertiary/aromatic N) is 2. The number of amides is 2. The Hall–Kier alpha value is -3.35. The Morgan fingerprint density at radius 2 is 1.72 bits per heavy atom. The lowest BCUT2D eigenvalue weighted by Gasteiger charge is -2.26. The fourth-order valence-electron chi connectivity index (χ4n) is 2.72. The van der Waals surface area contributed by atoms with Gasteiger partial charge in [0.2, 0.25) is 0 Å². The first kappa shape index (κ1) is 16.5. The summed E-state index contributed by atoms with van der Waals surface area (Å²) in [5, 5.41) is 0. The molecule has 1 heterocycles. The molecular formula is C18H18N4O3. The first-order valence-electron chi connectivity index (χ1n) is 7.84. The largest absolute Gasteiger partial charge is 0.470 e. The molecule has 0 fully saturated rings. The zero-order valence-corrected chi connectivity index (χ0v) is 13.7. The molecule has 128 valence electrons. The molecule has 0 aliphatic carbocycles. The van der Waals surface area contributed by atoms with E-state index in [-0.39, 0.29) is 17.8 Å². The van der Waals surface area contributed by atoms with Gasteiger partial charge in [-0.3, -0.25) is 9.59 Å². The summed E-state index contributed by atoms with van der Waals surface area (Å²) in [6, 6.07) is 13.5. The van der Waals surface area contributed by atoms with Gasteiger partial charge in [-0.15, -0.1) is 0 Å². The summed E-state index contributed by atoms with van der Waals surface area (Å²) < 4.78 is 5.88. The fraction of sp³-hybridized carbons (Fsp3) is 0.167. The number of hydrogen-bond acceptors (Lipinski definition) is 4. The van der Waals surface area contributed by atoms with Crippen LogP contribution in [-0.4, -0.2) is 28.9 Å². The summed E-state index contributed by atoms with van der Waals surface area (Å²) in [5.74, 6) is -0.309. The van der Waals surface area contributed by atoms with Gasteiger partial charge in [-0.25, -0.2) is 9.89 Å². The smallest absolute Gasteiger partial charge is 0.264 e. The molecule has 3 rings (SSSR count). The predicted octanol–water partition coefficient (Wildman–Crippen LogP) is 2.00. The molecule has 7 heteroatoms. The van der Waals surface area contributed by atoms with Crippen LogP contribution in [0.1, 0.15) is 34.1 Å². The number of aliphatic imine (C=N–C) groups is 1. The van der Waals surface area contributed by atoms with Gasteiger partial charge in [0.15, 0.2) is 12.2 Å². The fourth-order valence-corrected chi connectivity index (χ4v) is 2.72. The quantitative estimate of drug-likeness (QED) is 0.492. The van der Waals surface area contributed by atoms with E-state index in [0.29, 0.717) is 29.0 Å². The van der Waals surface area contributed by atoms with Crippen molar-refractivity contribution < 1.29 is 14.3 Å². The molecule has 2 aromatic carbocycles. The van der Waals surface area contributed by atoms with E-state index in [4.69, 9.17) is 16.2 Å². The number of fused-ring (bicyclic) bond motifs is 1. The highest BCUT2D eigenvalue weighted by Crippen LogP contribution is 2.28. The van der Waals surface area contributed by atoms with Gasteiger partial charge in [-0.2, -0.15) is 0 Å². The third-order valence-electron chi connectivity index (χ3n) is 3.81. The van der Waals surface area contributed by atoms with Crippen LogP contribution in [0.25, 0.3) is 0 Å². The molecule has 0 bridgehead atoms. The van der Waals surface area contributed by atoms with E-state index in [1.165, 1.54) is 0 Å². The van der Waals surface area contributed by atoms with Crippen molar-refractivity contribution in [2.75, 3.05) is 0 Å². The van der Waals surface area contributed by atoms with Gasteiger partial charge in [-0.05, 0) is 24.3 Å². The molecule has 0 saturated heterocycles. The van der Waals surface area contributed by atoms with Crippen LogP contribution in [0, 0.1) is 0 Å². The summed E-state index contributed by atoms with van der Waals surface area (Å²) in [5.41, 5.74) is 12.1. The van der Waals surface area contributed by atoms with Gasteiger partial charge < -0.3 is 16.2 Å². The molecule has 1 unspecified atom stereocenters. The molecule has 1 atom stereocenters. The molecule has 0 spiro atoms. The highest BCUT2D eigenvalue weighted by molar-refractivity contribution is 6.21. The van der Waals surface area contributed by atoms with Crippen molar-refractivity contribution in [2.45, 2.75) is 19.6 Å². The standard InChI is InChI=1S/C18H18N4O3/c1-2-15(25-12-7-5-6-11(10-12)21-18(19)20)22-16(23)13-8-3-4-9-14(13)17(22)24/h3-10,15H,2H2,1H3,(H4,19,20,21). The zero-order valence-electron chi connectivity index (χ0n) is 13.7. The van der Waals surface area contributed by atoms with E-state index >= 15 is 0 Å². The third-order valence-corrected chi connectivity index (χ3v) is 3.81. The molecule has 0 radical (unpaired) electrons. The minimum Gasteiger partial charge on any atom is -0.470 e. The number of nitrogens with two attached hydrogens (primary N) is 2. The van der Waals surface area contributed by atoms with E-state index in [2.05, 4.69) is 4.99 Å². The Kier molecular flexibility index (Phi) is 4.38. The Bertz CT molecular complexity index is 824. The normalized spacial score (nSPS) is 14.2. The maximum atomic E-state index is 12.6. The van der Waals surface area contributed by atoms with Crippen molar-refractivity contribution in [3.05, 3.63) is 59.7 Å². The highest BCUT2D eigenvalue weighted by Gasteiger charge is 2.40. The summed E-state index contributed by atoms with van der Waals surface area (Å²) in [6.07, 6.45) is -0.278. The van der Waals surface area contributed by atoms with Crippen LogP contribution in [0.2, 0.25) is 0 Å². The van der Waals surface area contributed by atoms with Crippen molar-refractivity contribution in [2.24, 2.45) is 16.5 Å².